The molecule has 2 saturated heterocycles. The quantitative estimate of drug-likeness (QED) is 0.779. The molecule has 0 aromatic heterocycles. The average molecular weight is 260 g/mol. The van der Waals surface area contributed by atoms with Gasteiger partial charge in [-0.2, -0.15) is 11.8 Å². The Morgan fingerprint density at radius 2 is 1.94 bits per heavy atom. The van der Waals surface area contributed by atoms with Gasteiger partial charge in [0.2, 0.25) is 0 Å². The second-order valence-electron chi connectivity index (χ2n) is 4.59. The Labute approximate surface area is 106 Å². The maximum absolute atomic E-state index is 12.2. The third kappa shape index (κ3) is 3.41. The number of carbonyl (C=O) groups excluding carboxylic acids is 1. The number of ketones is 1. The van der Waals surface area contributed by atoms with E-state index < -0.39 is 0 Å². The van der Waals surface area contributed by atoms with Crippen LogP contribution in [0.5, 0.6) is 0 Å². The van der Waals surface area contributed by atoms with Crippen molar-refractivity contribution >= 4 is 29.3 Å². The molecule has 0 amide bonds. The lowest BCUT2D eigenvalue weighted by atomic mass is 9.93. The van der Waals surface area contributed by atoms with Gasteiger partial charge < -0.3 is 4.74 Å². The largest absolute Gasteiger partial charge is 0.381 e. The molecule has 2 heterocycles. The van der Waals surface area contributed by atoms with Crippen molar-refractivity contribution in [2.75, 3.05) is 24.7 Å². The summed E-state index contributed by atoms with van der Waals surface area (Å²) in [5.41, 5.74) is 0. The SMILES string of the molecule is CC1SCCSC1C(=O)CC1CCOCC1. The molecule has 0 spiro atoms. The number of hydrogen-bond donors (Lipinski definition) is 0. The minimum atomic E-state index is 0.251. The summed E-state index contributed by atoms with van der Waals surface area (Å²) in [4.78, 5) is 12.2. The van der Waals surface area contributed by atoms with Crippen LogP contribution >= 0.6 is 23.5 Å². The average Bonchev–Trinajstić information content (AvgIpc) is 2.31. The fourth-order valence-corrected chi connectivity index (χ4v) is 5.08. The molecule has 0 bridgehead atoms. The van der Waals surface area contributed by atoms with E-state index in [1.54, 1.807) is 0 Å². The van der Waals surface area contributed by atoms with Gasteiger partial charge in [-0.3, -0.25) is 4.79 Å². The summed E-state index contributed by atoms with van der Waals surface area (Å²) in [5, 5.41) is 0.757. The molecular formula is C12H20O2S2. The Bertz CT molecular complexity index is 239. The first-order valence-electron chi connectivity index (χ1n) is 6.11. The van der Waals surface area contributed by atoms with E-state index in [9.17, 15) is 4.79 Å². The molecule has 4 heteroatoms. The van der Waals surface area contributed by atoms with Crippen LogP contribution in [0.2, 0.25) is 0 Å². The Morgan fingerprint density at radius 1 is 1.25 bits per heavy atom. The van der Waals surface area contributed by atoms with E-state index in [2.05, 4.69) is 6.92 Å². The fraction of sp³-hybridized carbons (Fsp3) is 0.917. The van der Waals surface area contributed by atoms with Crippen molar-refractivity contribution in [2.45, 2.75) is 36.7 Å². The summed E-state index contributed by atoms with van der Waals surface area (Å²) in [5.74, 6) is 3.41. The third-order valence-corrected chi connectivity index (χ3v) is 6.47. The van der Waals surface area contributed by atoms with Crippen LogP contribution in [0.4, 0.5) is 0 Å². The normalized spacial score (nSPS) is 32.6. The molecule has 92 valence electrons. The lowest BCUT2D eigenvalue weighted by Gasteiger charge is -2.29. The van der Waals surface area contributed by atoms with Gasteiger partial charge in [-0.05, 0) is 18.8 Å². The molecule has 0 aromatic rings. The smallest absolute Gasteiger partial charge is 0.147 e. The van der Waals surface area contributed by atoms with E-state index in [1.807, 2.05) is 23.5 Å². The van der Waals surface area contributed by atoms with Gasteiger partial charge in [0.05, 0.1) is 5.25 Å². The van der Waals surface area contributed by atoms with Gasteiger partial charge >= 0.3 is 0 Å². The number of rotatable bonds is 3. The summed E-state index contributed by atoms with van der Waals surface area (Å²) >= 11 is 3.82. The highest BCUT2D eigenvalue weighted by atomic mass is 32.2. The predicted molar refractivity (Wildman–Crippen MR) is 71.3 cm³/mol. The molecule has 2 aliphatic heterocycles. The Hall–Kier alpha value is 0.330. The molecule has 2 atom stereocenters. The zero-order valence-corrected chi connectivity index (χ0v) is 11.4. The lowest BCUT2D eigenvalue weighted by molar-refractivity contribution is -0.120. The third-order valence-electron chi connectivity index (χ3n) is 3.34. The van der Waals surface area contributed by atoms with E-state index in [-0.39, 0.29) is 5.25 Å². The minimum absolute atomic E-state index is 0.251. The molecule has 2 fully saturated rings. The van der Waals surface area contributed by atoms with Crippen LogP contribution in [-0.2, 0) is 9.53 Å². The van der Waals surface area contributed by atoms with Crippen LogP contribution in [0, 0.1) is 5.92 Å². The second-order valence-corrected chi connectivity index (χ2v) is 7.33. The number of hydrogen-bond acceptors (Lipinski definition) is 4. The Kier molecular flexibility index (Phi) is 5.04. The zero-order chi connectivity index (χ0) is 11.4. The van der Waals surface area contributed by atoms with Crippen molar-refractivity contribution in [1.82, 2.24) is 0 Å². The van der Waals surface area contributed by atoms with Crippen LogP contribution in [0.1, 0.15) is 26.2 Å². The number of thioether (sulfide) groups is 2. The van der Waals surface area contributed by atoms with Crippen molar-refractivity contribution in [3.05, 3.63) is 0 Å². The molecular weight excluding hydrogens is 240 g/mol. The molecule has 0 aromatic carbocycles. The summed E-state index contributed by atoms with van der Waals surface area (Å²) in [6.07, 6.45) is 2.93. The van der Waals surface area contributed by atoms with Crippen LogP contribution in [0.25, 0.3) is 0 Å². The van der Waals surface area contributed by atoms with Crippen molar-refractivity contribution in [3.8, 4) is 0 Å². The van der Waals surface area contributed by atoms with Gasteiger partial charge in [0, 0.05) is 36.4 Å². The highest BCUT2D eigenvalue weighted by Crippen LogP contribution is 2.33. The summed E-state index contributed by atoms with van der Waals surface area (Å²) < 4.78 is 5.33. The highest BCUT2D eigenvalue weighted by molar-refractivity contribution is 8.07. The van der Waals surface area contributed by atoms with Crippen LogP contribution in [0.3, 0.4) is 0 Å². The molecule has 0 aliphatic carbocycles. The highest BCUT2D eigenvalue weighted by Gasteiger charge is 2.30. The van der Waals surface area contributed by atoms with Gasteiger partial charge in [-0.1, -0.05) is 6.92 Å². The van der Waals surface area contributed by atoms with Crippen molar-refractivity contribution < 1.29 is 9.53 Å². The molecule has 2 nitrogen and oxygen atoms in total. The predicted octanol–water partition coefficient (Wildman–Crippen LogP) is 2.61. The molecule has 0 radical (unpaired) electrons. The first-order chi connectivity index (χ1) is 7.77. The summed E-state index contributed by atoms with van der Waals surface area (Å²) in [7, 11) is 0. The van der Waals surface area contributed by atoms with Crippen molar-refractivity contribution in [1.29, 1.82) is 0 Å². The van der Waals surface area contributed by atoms with E-state index in [1.165, 1.54) is 5.75 Å². The number of ether oxygens (including phenoxy) is 1. The van der Waals surface area contributed by atoms with E-state index in [4.69, 9.17) is 4.74 Å². The van der Waals surface area contributed by atoms with E-state index in [0.29, 0.717) is 17.0 Å². The van der Waals surface area contributed by atoms with Gasteiger partial charge in [-0.15, -0.1) is 11.8 Å². The van der Waals surface area contributed by atoms with E-state index in [0.717, 1.165) is 38.2 Å². The molecule has 16 heavy (non-hydrogen) atoms. The van der Waals surface area contributed by atoms with Crippen LogP contribution < -0.4 is 0 Å². The second kappa shape index (κ2) is 6.31. The zero-order valence-electron chi connectivity index (χ0n) is 9.81. The van der Waals surface area contributed by atoms with Gasteiger partial charge in [0.25, 0.3) is 0 Å². The molecule has 2 rings (SSSR count). The van der Waals surface area contributed by atoms with Gasteiger partial charge in [0.1, 0.15) is 5.78 Å². The molecule has 2 aliphatic rings. The molecule has 0 saturated carbocycles. The minimum Gasteiger partial charge on any atom is -0.381 e. The summed E-state index contributed by atoms with van der Waals surface area (Å²) in [6.45, 7) is 3.89. The summed E-state index contributed by atoms with van der Waals surface area (Å²) in [6, 6.07) is 0. The van der Waals surface area contributed by atoms with Crippen LogP contribution in [-0.4, -0.2) is 41.0 Å². The number of Topliss-reactive ketones (excluding diaryl/α,β-unsaturated/α-hetero) is 1. The monoisotopic (exact) mass is 260 g/mol. The maximum Gasteiger partial charge on any atom is 0.147 e. The Balaban J connectivity index is 1.81. The van der Waals surface area contributed by atoms with Crippen LogP contribution in [0.15, 0.2) is 0 Å². The number of carbonyl (C=O) groups is 1. The standard InChI is InChI=1S/C12H20O2S2/c1-9-12(16-7-6-15-9)11(13)8-10-2-4-14-5-3-10/h9-10,12H,2-8H2,1H3. The first-order valence-corrected chi connectivity index (χ1v) is 8.21. The molecule has 0 N–H and O–H groups in total. The van der Waals surface area contributed by atoms with Gasteiger partial charge in [-0.25, -0.2) is 0 Å². The topological polar surface area (TPSA) is 26.3 Å². The fourth-order valence-electron chi connectivity index (χ4n) is 2.34. The van der Waals surface area contributed by atoms with Crippen molar-refractivity contribution in [2.24, 2.45) is 5.92 Å². The van der Waals surface area contributed by atoms with Crippen molar-refractivity contribution in [3.63, 3.8) is 0 Å². The maximum atomic E-state index is 12.2. The first kappa shape index (κ1) is 12.8. The molecule has 2 unspecified atom stereocenters. The van der Waals surface area contributed by atoms with E-state index >= 15 is 0 Å². The lowest BCUT2D eigenvalue weighted by Crippen LogP contribution is -2.33. The Morgan fingerprint density at radius 3 is 2.62 bits per heavy atom. The van der Waals surface area contributed by atoms with Gasteiger partial charge in [0.15, 0.2) is 0 Å².